The second-order valence-corrected chi connectivity index (χ2v) is 5.52. The molecule has 0 aliphatic heterocycles. The number of benzene rings is 2. The third-order valence-electron chi connectivity index (χ3n) is 3.30. The van der Waals surface area contributed by atoms with E-state index in [1.165, 1.54) is 12.1 Å². The number of aromatic nitrogens is 1. The molecule has 0 unspecified atom stereocenters. The van der Waals surface area contributed by atoms with Gasteiger partial charge in [-0.15, -0.1) is 0 Å². The smallest absolute Gasteiger partial charge is 0.293 e. The van der Waals surface area contributed by atoms with Gasteiger partial charge in [0.25, 0.3) is 5.69 Å². The number of nitrogens with zero attached hydrogens (tertiary/aromatic N) is 2. The molecule has 0 aliphatic carbocycles. The topological polar surface area (TPSA) is 48.1 Å². The number of hydrogen-bond donors (Lipinski definition) is 0. The van der Waals surface area contributed by atoms with E-state index in [1.54, 1.807) is 29.0 Å². The Morgan fingerprint density at radius 1 is 1.24 bits per heavy atom. The van der Waals surface area contributed by atoms with Crippen molar-refractivity contribution in [2.45, 2.75) is 6.54 Å². The van der Waals surface area contributed by atoms with Crippen LogP contribution in [-0.4, -0.2) is 9.49 Å². The molecule has 2 aromatic carbocycles. The highest BCUT2D eigenvalue weighted by Gasteiger charge is 2.15. The Kier molecular flexibility index (Phi) is 3.47. The second kappa shape index (κ2) is 5.29. The first kappa shape index (κ1) is 13.8. The number of hydrogen-bond acceptors (Lipinski definition) is 2. The fourth-order valence-electron chi connectivity index (χ4n) is 2.35. The predicted molar refractivity (Wildman–Crippen MR) is 81.8 cm³/mol. The normalized spacial score (nSPS) is 11.0. The molecule has 1 heterocycles. The zero-order valence-electron chi connectivity index (χ0n) is 10.8. The van der Waals surface area contributed by atoms with Crippen molar-refractivity contribution in [3.63, 3.8) is 0 Å². The lowest BCUT2D eigenvalue weighted by atomic mass is 10.2. The van der Waals surface area contributed by atoms with Gasteiger partial charge >= 0.3 is 0 Å². The third kappa shape index (κ3) is 2.54. The lowest BCUT2D eigenvalue weighted by Crippen LogP contribution is -2.00. The summed E-state index contributed by atoms with van der Waals surface area (Å²) in [6.07, 6.45) is 1.80. The molecule has 6 heteroatoms. The maximum absolute atomic E-state index is 13.3. The van der Waals surface area contributed by atoms with Crippen molar-refractivity contribution in [3.8, 4) is 0 Å². The number of nitro benzene ring substituents is 1. The molecule has 0 fully saturated rings. The summed E-state index contributed by atoms with van der Waals surface area (Å²) in [6.45, 7) is 0.438. The Morgan fingerprint density at radius 3 is 2.76 bits per heavy atom. The molecule has 0 N–H and O–H groups in total. The minimum absolute atomic E-state index is 0.0682. The van der Waals surface area contributed by atoms with Crippen molar-refractivity contribution in [1.82, 2.24) is 4.57 Å². The summed E-state index contributed by atoms with van der Waals surface area (Å²) in [5, 5.41) is 12.0. The van der Waals surface area contributed by atoms with Crippen molar-refractivity contribution in [3.05, 3.63) is 74.6 Å². The van der Waals surface area contributed by atoms with Gasteiger partial charge in [-0.05, 0) is 39.7 Å². The van der Waals surface area contributed by atoms with Crippen LogP contribution in [0.5, 0.6) is 0 Å². The van der Waals surface area contributed by atoms with Gasteiger partial charge in [-0.2, -0.15) is 0 Å². The summed E-state index contributed by atoms with van der Waals surface area (Å²) < 4.78 is 15.4. The van der Waals surface area contributed by atoms with Crippen LogP contribution in [0.1, 0.15) is 5.56 Å². The summed E-state index contributed by atoms with van der Waals surface area (Å²) in [6, 6.07) is 11.5. The molecule has 0 bridgehead atoms. The third-order valence-corrected chi connectivity index (χ3v) is 3.91. The molecule has 0 saturated heterocycles. The van der Waals surface area contributed by atoms with E-state index in [-0.39, 0.29) is 16.4 Å². The molecule has 21 heavy (non-hydrogen) atoms. The van der Waals surface area contributed by atoms with Crippen LogP contribution in [0.4, 0.5) is 10.1 Å². The Hall–Kier alpha value is -2.21. The summed E-state index contributed by atoms with van der Waals surface area (Å²) in [5.41, 5.74) is 1.50. The van der Waals surface area contributed by atoms with Gasteiger partial charge in [0.2, 0.25) is 0 Å². The molecular formula is C15H10BrFN2O2. The summed E-state index contributed by atoms with van der Waals surface area (Å²) in [5.74, 6) is -0.331. The van der Waals surface area contributed by atoms with Crippen molar-refractivity contribution in [1.29, 1.82) is 0 Å². The Balaban J connectivity index is 2.08. The minimum atomic E-state index is -0.389. The van der Waals surface area contributed by atoms with E-state index in [1.807, 2.05) is 12.1 Å². The van der Waals surface area contributed by atoms with Crippen molar-refractivity contribution in [2.75, 3.05) is 0 Å². The fraction of sp³-hybridized carbons (Fsp3) is 0.0667. The van der Waals surface area contributed by atoms with E-state index in [2.05, 4.69) is 15.9 Å². The monoisotopic (exact) mass is 348 g/mol. The molecule has 0 radical (unpaired) electrons. The van der Waals surface area contributed by atoms with Gasteiger partial charge in [-0.25, -0.2) is 4.39 Å². The van der Waals surface area contributed by atoms with E-state index < -0.39 is 0 Å². The van der Waals surface area contributed by atoms with Crippen LogP contribution in [0.15, 0.2) is 53.1 Å². The van der Waals surface area contributed by atoms with E-state index in [0.717, 1.165) is 10.9 Å². The SMILES string of the molecule is O=[N+]([O-])c1cccc2ccn(Cc3ccc(F)c(Br)c3)c12. The number of nitro groups is 1. The Labute approximate surface area is 128 Å². The quantitative estimate of drug-likeness (QED) is 0.516. The number of para-hydroxylation sites is 1. The van der Waals surface area contributed by atoms with E-state index >= 15 is 0 Å². The molecule has 0 spiro atoms. The van der Waals surface area contributed by atoms with Gasteiger partial charge in [-0.1, -0.05) is 18.2 Å². The number of rotatable bonds is 3. The lowest BCUT2D eigenvalue weighted by molar-refractivity contribution is -0.383. The van der Waals surface area contributed by atoms with Crippen LogP contribution in [0.3, 0.4) is 0 Å². The van der Waals surface area contributed by atoms with Crippen molar-refractivity contribution >= 4 is 32.5 Å². The van der Waals surface area contributed by atoms with Crippen LogP contribution in [0.2, 0.25) is 0 Å². The fourth-order valence-corrected chi connectivity index (χ4v) is 2.78. The Morgan fingerprint density at radius 2 is 2.05 bits per heavy atom. The number of halogens is 2. The zero-order chi connectivity index (χ0) is 15.0. The van der Waals surface area contributed by atoms with Crippen molar-refractivity contribution in [2.24, 2.45) is 0 Å². The molecular weight excluding hydrogens is 339 g/mol. The van der Waals surface area contributed by atoms with Gasteiger partial charge in [0.05, 0.1) is 9.40 Å². The first-order valence-corrected chi connectivity index (χ1v) is 7.02. The number of fused-ring (bicyclic) bond motifs is 1. The van der Waals surface area contributed by atoms with Gasteiger partial charge in [0.15, 0.2) is 0 Å². The maximum Gasteiger partial charge on any atom is 0.293 e. The first-order chi connectivity index (χ1) is 10.1. The van der Waals surface area contributed by atoms with Gasteiger partial charge in [-0.3, -0.25) is 10.1 Å². The van der Waals surface area contributed by atoms with Crippen LogP contribution < -0.4 is 0 Å². The molecule has 0 amide bonds. The second-order valence-electron chi connectivity index (χ2n) is 4.66. The molecule has 0 saturated carbocycles. The van der Waals surface area contributed by atoms with Gasteiger partial charge in [0, 0.05) is 24.2 Å². The standard InChI is InChI=1S/C15H10BrFN2O2/c16-12-8-10(4-5-13(12)17)9-18-7-6-11-2-1-3-14(15(11)18)19(20)21/h1-8H,9H2. The molecule has 0 atom stereocenters. The van der Waals surface area contributed by atoms with E-state index in [9.17, 15) is 14.5 Å². The van der Waals surface area contributed by atoms with Crippen LogP contribution in [0.25, 0.3) is 10.9 Å². The van der Waals surface area contributed by atoms with Crippen LogP contribution >= 0.6 is 15.9 Å². The highest BCUT2D eigenvalue weighted by atomic mass is 79.9. The summed E-state index contributed by atoms with van der Waals surface area (Å²) in [4.78, 5) is 10.8. The molecule has 1 aromatic heterocycles. The van der Waals surface area contributed by atoms with E-state index in [0.29, 0.717) is 16.5 Å². The largest absolute Gasteiger partial charge is 0.337 e. The molecule has 3 rings (SSSR count). The molecule has 0 aliphatic rings. The number of non-ortho nitro benzene ring substituents is 1. The predicted octanol–water partition coefficient (Wildman–Crippen LogP) is 4.50. The average molecular weight is 349 g/mol. The molecule has 106 valence electrons. The zero-order valence-corrected chi connectivity index (χ0v) is 12.4. The molecule has 3 aromatic rings. The van der Waals surface area contributed by atoms with Gasteiger partial charge in [0.1, 0.15) is 11.3 Å². The minimum Gasteiger partial charge on any atom is -0.337 e. The van der Waals surface area contributed by atoms with Crippen molar-refractivity contribution < 1.29 is 9.31 Å². The van der Waals surface area contributed by atoms with Gasteiger partial charge < -0.3 is 4.57 Å². The highest BCUT2D eigenvalue weighted by Crippen LogP contribution is 2.27. The van der Waals surface area contributed by atoms with E-state index in [4.69, 9.17) is 0 Å². The lowest BCUT2D eigenvalue weighted by Gasteiger charge is -2.07. The summed E-state index contributed by atoms with van der Waals surface area (Å²) in [7, 11) is 0. The maximum atomic E-state index is 13.3. The Bertz CT molecular complexity index is 845. The summed E-state index contributed by atoms with van der Waals surface area (Å²) >= 11 is 3.15. The first-order valence-electron chi connectivity index (χ1n) is 6.22. The van der Waals surface area contributed by atoms with Crippen LogP contribution in [0, 0.1) is 15.9 Å². The highest BCUT2D eigenvalue weighted by molar-refractivity contribution is 9.10. The van der Waals surface area contributed by atoms with Crippen LogP contribution in [-0.2, 0) is 6.54 Å². The average Bonchev–Trinajstić information content (AvgIpc) is 2.86. The molecule has 4 nitrogen and oxygen atoms in total.